The molecule has 3 nitrogen and oxygen atoms in total. The maximum atomic E-state index is 9.21. The lowest BCUT2D eigenvalue weighted by atomic mass is 10.2. The lowest BCUT2D eigenvalue weighted by molar-refractivity contribution is 0.191. The Bertz CT molecular complexity index is 511. The first kappa shape index (κ1) is 14.6. The number of aliphatic hydroxyl groups is 1. The lowest BCUT2D eigenvalue weighted by Crippen LogP contribution is -2.23. The third-order valence-electron chi connectivity index (χ3n) is 2.92. The summed E-state index contributed by atoms with van der Waals surface area (Å²) in [7, 11) is 0. The van der Waals surface area contributed by atoms with Crippen molar-refractivity contribution in [3.05, 3.63) is 65.7 Å². The fourth-order valence-corrected chi connectivity index (χ4v) is 1.91. The van der Waals surface area contributed by atoms with Crippen molar-refractivity contribution in [1.29, 1.82) is 0 Å². The normalized spacial score (nSPS) is 12.1. The second-order valence-corrected chi connectivity index (χ2v) is 4.90. The first-order chi connectivity index (χ1) is 9.74. The van der Waals surface area contributed by atoms with Crippen LogP contribution in [-0.2, 0) is 13.2 Å². The van der Waals surface area contributed by atoms with E-state index >= 15 is 0 Å². The van der Waals surface area contributed by atoms with E-state index in [-0.39, 0.29) is 6.10 Å². The average molecular weight is 271 g/mol. The highest BCUT2D eigenvalue weighted by molar-refractivity contribution is 5.29. The summed E-state index contributed by atoms with van der Waals surface area (Å²) in [6, 6.07) is 18.1. The number of hydrogen-bond donors (Lipinski definition) is 2. The van der Waals surface area contributed by atoms with Crippen LogP contribution in [0.25, 0.3) is 0 Å². The summed E-state index contributed by atoms with van der Waals surface area (Å²) in [6.45, 7) is 3.67. The zero-order chi connectivity index (χ0) is 14.2. The third kappa shape index (κ3) is 5.03. The summed E-state index contributed by atoms with van der Waals surface area (Å²) in [4.78, 5) is 0. The fraction of sp³-hybridized carbons (Fsp3) is 0.294. The van der Waals surface area contributed by atoms with Gasteiger partial charge in [0.1, 0.15) is 12.4 Å². The molecule has 0 aliphatic carbocycles. The molecule has 0 aromatic heterocycles. The van der Waals surface area contributed by atoms with Crippen molar-refractivity contribution >= 4 is 0 Å². The molecule has 0 spiro atoms. The van der Waals surface area contributed by atoms with Crippen molar-refractivity contribution in [3.63, 3.8) is 0 Å². The molecule has 2 aromatic carbocycles. The Balaban J connectivity index is 1.86. The minimum atomic E-state index is -0.326. The van der Waals surface area contributed by atoms with Crippen molar-refractivity contribution in [3.8, 4) is 5.75 Å². The van der Waals surface area contributed by atoms with Gasteiger partial charge in [0, 0.05) is 13.1 Å². The van der Waals surface area contributed by atoms with Crippen LogP contribution >= 0.6 is 0 Å². The van der Waals surface area contributed by atoms with Crippen molar-refractivity contribution in [2.75, 3.05) is 6.54 Å². The van der Waals surface area contributed by atoms with E-state index < -0.39 is 0 Å². The molecule has 0 heterocycles. The molecule has 0 aliphatic rings. The van der Waals surface area contributed by atoms with E-state index in [1.807, 2.05) is 54.6 Å². The van der Waals surface area contributed by atoms with Crippen LogP contribution in [0.1, 0.15) is 18.1 Å². The molecule has 3 heteroatoms. The summed E-state index contributed by atoms with van der Waals surface area (Å²) >= 11 is 0. The maximum Gasteiger partial charge on any atom is 0.120 e. The highest BCUT2D eigenvalue weighted by atomic mass is 16.5. The summed E-state index contributed by atoms with van der Waals surface area (Å²) in [5.74, 6) is 0.866. The topological polar surface area (TPSA) is 41.5 Å². The van der Waals surface area contributed by atoms with Crippen LogP contribution in [0.3, 0.4) is 0 Å². The molecule has 2 N–H and O–H groups in total. The molecule has 2 aromatic rings. The molecule has 2 rings (SSSR count). The standard InChI is InChI=1S/C17H21NO2/c1-14(19)11-18-12-16-8-5-9-17(10-16)20-13-15-6-3-2-4-7-15/h2-10,14,18-19H,11-13H2,1H3/t14-/m0/s1. The van der Waals surface area contributed by atoms with Crippen molar-refractivity contribution in [2.45, 2.75) is 26.2 Å². The maximum absolute atomic E-state index is 9.21. The molecule has 0 radical (unpaired) electrons. The van der Waals surface area contributed by atoms with Gasteiger partial charge in [0.25, 0.3) is 0 Å². The highest BCUT2D eigenvalue weighted by Crippen LogP contribution is 2.15. The Labute approximate surface area is 120 Å². The molecular formula is C17H21NO2. The van der Waals surface area contributed by atoms with Crippen LogP contribution in [0.15, 0.2) is 54.6 Å². The molecule has 0 amide bonds. The molecule has 0 aliphatic heterocycles. The van der Waals surface area contributed by atoms with Gasteiger partial charge < -0.3 is 15.2 Å². The molecule has 0 saturated carbocycles. The number of benzene rings is 2. The van der Waals surface area contributed by atoms with E-state index in [0.717, 1.165) is 23.4 Å². The molecule has 0 bridgehead atoms. The van der Waals surface area contributed by atoms with Crippen LogP contribution in [-0.4, -0.2) is 17.8 Å². The first-order valence-electron chi connectivity index (χ1n) is 6.88. The third-order valence-corrected chi connectivity index (χ3v) is 2.92. The molecule has 1 atom stereocenters. The Hall–Kier alpha value is -1.84. The van der Waals surface area contributed by atoms with Crippen molar-refractivity contribution in [1.82, 2.24) is 5.32 Å². The van der Waals surface area contributed by atoms with Gasteiger partial charge in [-0.1, -0.05) is 42.5 Å². The number of rotatable bonds is 7. The van der Waals surface area contributed by atoms with E-state index in [1.54, 1.807) is 6.92 Å². The number of nitrogens with one attached hydrogen (secondary N) is 1. The van der Waals surface area contributed by atoms with Crippen LogP contribution in [0.2, 0.25) is 0 Å². The molecule has 0 fully saturated rings. The SMILES string of the molecule is C[C@H](O)CNCc1cccc(OCc2ccccc2)c1. The number of ether oxygens (including phenoxy) is 1. The van der Waals surface area contributed by atoms with E-state index in [4.69, 9.17) is 4.74 Å². The molecular weight excluding hydrogens is 250 g/mol. The predicted octanol–water partition coefficient (Wildman–Crippen LogP) is 2.74. The zero-order valence-electron chi connectivity index (χ0n) is 11.8. The van der Waals surface area contributed by atoms with Gasteiger partial charge in [-0.3, -0.25) is 0 Å². The van der Waals surface area contributed by atoms with Crippen LogP contribution in [0, 0.1) is 0 Å². The Kier molecular flexibility index (Phi) is 5.59. The van der Waals surface area contributed by atoms with Crippen LogP contribution in [0.4, 0.5) is 0 Å². The van der Waals surface area contributed by atoms with E-state index in [1.165, 1.54) is 0 Å². The van der Waals surface area contributed by atoms with Gasteiger partial charge in [0.2, 0.25) is 0 Å². The van der Waals surface area contributed by atoms with Gasteiger partial charge >= 0.3 is 0 Å². The van der Waals surface area contributed by atoms with Gasteiger partial charge in [-0.05, 0) is 30.2 Å². The highest BCUT2D eigenvalue weighted by Gasteiger charge is 1.99. The van der Waals surface area contributed by atoms with E-state index in [9.17, 15) is 5.11 Å². The quantitative estimate of drug-likeness (QED) is 0.813. The Morgan fingerprint density at radius 1 is 1.05 bits per heavy atom. The summed E-state index contributed by atoms with van der Waals surface area (Å²) in [5.41, 5.74) is 2.31. The minimum absolute atomic E-state index is 0.326. The van der Waals surface area contributed by atoms with Gasteiger partial charge in [-0.2, -0.15) is 0 Å². The average Bonchev–Trinajstić information content (AvgIpc) is 2.46. The second-order valence-electron chi connectivity index (χ2n) is 4.90. The van der Waals surface area contributed by atoms with E-state index in [2.05, 4.69) is 5.32 Å². The summed E-state index contributed by atoms with van der Waals surface area (Å²) in [5, 5.41) is 12.4. The fourth-order valence-electron chi connectivity index (χ4n) is 1.91. The van der Waals surface area contributed by atoms with Gasteiger partial charge in [-0.25, -0.2) is 0 Å². The molecule has 0 unspecified atom stereocenters. The Morgan fingerprint density at radius 2 is 1.80 bits per heavy atom. The predicted molar refractivity (Wildman–Crippen MR) is 80.6 cm³/mol. The van der Waals surface area contributed by atoms with Crippen LogP contribution < -0.4 is 10.1 Å². The second kappa shape index (κ2) is 7.68. The monoisotopic (exact) mass is 271 g/mol. The zero-order valence-corrected chi connectivity index (χ0v) is 11.8. The molecule has 106 valence electrons. The van der Waals surface area contributed by atoms with E-state index in [0.29, 0.717) is 13.2 Å². The van der Waals surface area contributed by atoms with Gasteiger partial charge in [-0.15, -0.1) is 0 Å². The Morgan fingerprint density at radius 3 is 2.55 bits per heavy atom. The van der Waals surface area contributed by atoms with Gasteiger partial charge in [0.15, 0.2) is 0 Å². The van der Waals surface area contributed by atoms with Crippen LogP contribution in [0.5, 0.6) is 5.75 Å². The smallest absolute Gasteiger partial charge is 0.120 e. The summed E-state index contributed by atoms with van der Waals surface area (Å²) < 4.78 is 5.78. The minimum Gasteiger partial charge on any atom is -0.489 e. The lowest BCUT2D eigenvalue weighted by Gasteiger charge is -2.10. The number of hydrogen-bond acceptors (Lipinski definition) is 3. The first-order valence-corrected chi connectivity index (χ1v) is 6.88. The largest absolute Gasteiger partial charge is 0.489 e. The summed E-state index contributed by atoms with van der Waals surface area (Å²) in [6.07, 6.45) is -0.326. The van der Waals surface area contributed by atoms with Crippen molar-refractivity contribution in [2.24, 2.45) is 0 Å². The van der Waals surface area contributed by atoms with Gasteiger partial charge in [0.05, 0.1) is 6.10 Å². The van der Waals surface area contributed by atoms with Crippen molar-refractivity contribution < 1.29 is 9.84 Å². The number of aliphatic hydroxyl groups excluding tert-OH is 1. The molecule has 20 heavy (non-hydrogen) atoms. The molecule has 0 saturated heterocycles.